The maximum atomic E-state index is 12.8. The molecule has 0 saturated heterocycles. The van der Waals surface area contributed by atoms with Gasteiger partial charge < -0.3 is 15.7 Å². The van der Waals surface area contributed by atoms with Crippen LogP contribution in [0.25, 0.3) is 11.3 Å². The van der Waals surface area contributed by atoms with Gasteiger partial charge in [-0.1, -0.05) is 26.7 Å². The van der Waals surface area contributed by atoms with Crippen molar-refractivity contribution in [2.24, 2.45) is 5.92 Å². The number of aromatic hydroxyl groups is 1. The van der Waals surface area contributed by atoms with Crippen molar-refractivity contribution in [2.45, 2.75) is 77.2 Å². The molecule has 7 heteroatoms. The molecule has 1 aromatic heterocycles. The minimum absolute atomic E-state index is 0.0348. The summed E-state index contributed by atoms with van der Waals surface area (Å²) < 4.78 is 1.49. The number of hydrogen-bond donors (Lipinski definition) is 3. The van der Waals surface area contributed by atoms with Crippen molar-refractivity contribution < 1.29 is 14.7 Å². The van der Waals surface area contributed by atoms with Gasteiger partial charge in [-0.15, -0.1) is 0 Å². The molecule has 4 rings (SSSR count). The molecule has 1 heterocycles. The summed E-state index contributed by atoms with van der Waals surface area (Å²) in [5.74, 6) is 0.262. The molecule has 0 bridgehead atoms. The second-order valence-corrected chi connectivity index (χ2v) is 8.81. The number of nitrogens with one attached hydrogen (secondary N) is 2. The number of nitrogens with zero attached hydrogens (tertiary/aromatic N) is 2. The van der Waals surface area contributed by atoms with Crippen molar-refractivity contribution in [3.8, 4) is 17.0 Å². The summed E-state index contributed by atoms with van der Waals surface area (Å²) in [5.41, 5.74) is 2.59. The Kier molecular flexibility index (Phi) is 6.30. The second kappa shape index (κ2) is 9.12. The first-order chi connectivity index (χ1) is 15.0. The van der Waals surface area contributed by atoms with Crippen LogP contribution in [0.4, 0.5) is 10.5 Å². The molecule has 0 unspecified atom stereocenters. The first kappa shape index (κ1) is 21.4. The number of carbonyl (C=O) groups excluding carboxylic acids is 2. The fourth-order valence-electron chi connectivity index (χ4n) is 4.40. The van der Waals surface area contributed by atoms with Crippen molar-refractivity contribution >= 4 is 17.6 Å². The lowest BCUT2D eigenvalue weighted by atomic mass is 10.0. The van der Waals surface area contributed by atoms with Gasteiger partial charge in [-0.05, 0) is 56.7 Å². The number of phenolic OH excluding ortho intramolecular Hbond substituents is 1. The normalized spacial score (nSPS) is 16.6. The fraction of sp³-hybridized carbons (Fsp3) is 0.542. The zero-order valence-electron chi connectivity index (χ0n) is 18.4. The number of carbonyl (C=O) groups is 2. The van der Waals surface area contributed by atoms with Gasteiger partial charge in [0.25, 0.3) is 0 Å². The lowest BCUT2D eigenvalue weighted by Gasteiger charge is -2.13. The van der Waals surface area contributed by atoms with E-state index in [4.69, 9.17) is 0 Å². The quantitative estimate of drug-likeness (QED) is 0.582. The van der Waals surface area contributed by atoms with Crippen molar-refractivity contribution in [1.82, 2.24) is 15.1 Å². The maximum Gasteiger partial charge on any atom is 0.342 e. The standard InChI is InChI=1S/C24H32N4O3/c1-3-15(4-2)23(30)25-18-11-12-19(22(29)13-18)20-14-21(16-7-5-6-8-16)28(27-20)24(31)26-17-9-10-17/h11-17,29H,3-10H2,1-2H3,(H,25,30)(H,26,31). The molecule has 1 aromatic carbocycles. The summed E-state index contributed by atoms with van der Waals surface area (Å²) in [7, 11) is 0. The number of hydrogen-bond acceptors (Lipinski definition) is 4. The molecule has 3 N–H and O–H groups in total. The van der Waals surface area contributed by atoms with E-state index in [2.05, 4.69) is 15.7 Å². The third kappa shape index (κ3) is 4.75. The van der Waals surface area contributed by atoms with E-state index in [9.17, 15) is 14.7 Å². The largest absolute Gasteiger partial charge is 0.507 e. The van der Waals surface area contributed by atoms with Crippen LogP contribution in [0, 0.1) is 5.92 Å². The number of anilines is 1. The predicted octanol–water partition coefficient (Wildman–Crippen LogP) is 5.01. The smallest absolute Gasteiger partial charge is 0.342 e. The third-order valence-electron chi connectivity index (χ3n) is 6.51. The summed E-state index contributed by atoms with van der Waals surface area (Å²) in [6.07, 6.45) is 8.00. The molecular formula is C24H32N4O3. The fourth-order valence-corrected chi connectivity index (χ4v) is 4.40. The molecule has 2 aliphatic rings. The zero-order valence-corrected chi connectivity index (χ0v) is 18.4. The van der Waals surface area contributed by atoms with E-state index in [0.29, 0.717) is 22.9 Å². The summed E-state index contributed by atoms with van der Waals surface area (Å²) in [5, 5.41) is 21.1. The van der Waals surface area contributed by atoms with Crippen LogP contribution < -0.4 is 10.6 Å². The molecular weight excluding hydrogens is 392 g/mol. The lowest BCUT2D eigenvalue weighted by molar-refractivity contribution is -0.120. The van der Waals surface area contributed by atoms with Crippen LogP contribution >= 0.6 is 0 Å². The summed E-state index contributed by atoms with van der Waals surface area (Å²) >= 11 is 0. The average Bonchev–Trinajstić information content (AvgIpc) is 3.22. The van der Waals surface area contributed by atoms with Crippen molar-refractivity contribution in [3.63, 3.8) is 0 Å². The number of rotatable bonds is 7. The number of amides is 2. The van der Waals surface area contributed by atoms with E-state index in [-0.39, 0.29) is 29.6 Å². The molecule has 7 nitrogen and oxygen atoms in total. The monoisotopic (exact) mass is 424 g/mol. The van der Waals surface area contributed by atoms with Crippen LogP contribution in [0.3, 0.4) is 0 Å². The van der Waals surface area contributed by atoms with E-state index in [0.717, 1.165) is 57.1 Å². The van der Waals surface area contributed by atoms with Gasteiger partial charge in [-0.2, -0.15) is 9.78 Å². The molecule has 2 aromatic rings. The van der Waals surface area contributed by atoms with Crippen LogP contribution in [0.1, 0.15) is 76.8 Å². The third-order valence-corrected chi connectivity index (χ3v) is 6.51. The topological polar surface area (TPSA) is 96.3 Å². The Hall–Kier alpha value is -2.83. The first-order valence-corrected chi connectivity index (χ1v) is 11.5. The van der Waals surface area contributed by atoms with Crippen LogP contribution in [0.2, 0.25) is 0 Å². The highest BCUT2D eigenvalue weighted by Crippen LogP contribution is 2.38. The van der Waals surface area contributed by atoms with E-state index in [1.165, 1.54) is 4.68 Å². The molecule has 2 saturated carbocycles. The van der Waals surface area contributed by atoms with Crippen molar-refractivity contribution in [1.29, 1.82) is 0 Å². The van der Waals surface area contributed by atoms with Crippen molar-refractivity contribution in [3.05, 3.63) is 30.0 Å². The molecule has 166 valence electrons. The molecule has 0 radical (unpaired) electrons. The lowest BCUT2D eigenvalue weighted by Crippen LogP contribution is -2.32. The highest BCUT2D eigenvalue weighted by molar-refractivity contribution is 5.93. The van der Waals surface area contributed by atoms with E-state index in [1.54, 1.807) is 18.2 Å². The van der Waals surface area contributed by atoms with Gasteiger partial charge >= 0.3 is 6.03 Å². The van der Waals surface area contributed by atoms with Crippen LogP contribution in [-0.4, -0.2) is 32.9 Å². The van der Waals surface area contributed by atoms with Gasteiger partial charge in [0.1, 0.15) is 5.75 Å². The minimum Gasteiger partial charge on any atom is -0.507 e. The minimum atomic E-state index is -0.191. The predicted molar refractivity (Wildman–Crippen MR) is 120 cm³/mol. The van der Waals surface area contributed by atoms with Gasteiger partial charge in [0.05, 0.1) is 11.4 Å². The van der Waals surface area contributed by atoms with Gasteiger partial charge in [0.15, 0.2) is 0 Å². The molecule has 2 fully saturated rings. The molecule has 0 atom stereocenters. The van der Waals surface area contributed by atoms with E-state index >= 15 is 0 Å². The Morgan fingerprint density at radius 1 is 1.13 bits per heavy atom. The van der Waals surface area contributed by atoms with Crippen LogP contribution in [0.5, 0.6) is 5.75 Å². The van der Waals surface area contributed by atoms with E-state index in [1.807, 2.05) is 19.9 Å². The highest BCUT2D eigenvalue weighted by atomic mass is 16.3. The maximum absolute atomic E-state index is 12.8. The molecule has 0 aliphatic heterocycles. The number of aromatic nitrogens is 2. The Labute approximate surface area is 183 Å². The molecule has 31 heavy (non-hydrogen) atoms. The molecule has 2 aliphatic carbocycles. The van der Waals surface area contributed by atoms with Crippen molar-refractivity contribution in [2.75, 3.05) is 5.32 Å². The summed E-state index contributed by atoms with van der Waals surface area (Å²) in [6, 6.07) is 7.07. The molecule has 2 amide bonds. The Balaban J connectivity index is 1.59. The van der Waals surface area contributed by atoms with Crippen LogP contribution in [-0.2, 0) is 4.79 Å². The zero-order chi connectivity index (χ0) is 22.0. The number of phenols is 1. The summed E-state index contributed by atoms with van der Waals surface area (Å²) in [6.45, 7) is 3.98. The Bertz CT molecular complexity index is 954. The Morgan fingerprint density at radius 3 is 2.45 bits per heavy atom. The van der Waals surface area contributed by atoms with Gasteiger partial charge in [-0.25, -0.2) is 4.79 Å². The molecule has 0 spiro atoms. The van der Waals surface area contributed by atoms with Gasteiger partial charge in [0.2, 0.25) is 5.91 Å². The first-order valence-electron chi connectivity index (χ1n) is 11.5. The number of benzene rings is 1. The summed E-state index contributed by atoms with van der Waals surface area (Å²) in [4.78, 5) is 25.1. The SMILES string of the molecule is CCC(CC)C(=O)Nc1ccc(-c2cc(C3CCCC3)n(C(=O)NC3CC3)n2)c(O)c1. The Morgan fingerprint density at radius 2 is 1.84 bits per heavy atom. The van der Waals surface area contributed by atoms with Gasteiger partial charge in [0, 0.05) is 35.2 Å². The highest BCUT2D eigenvalue weighted by Gasteiger charge is 2.29. The average molecular weight is 425 g/mol. The van der Waals surface area contributed by atoms with Crippen LogP contribution in [0.15, 0.2) is 24.3 Å². The second-order valence-electron chi connectivity index (χ2n) is 8.81. The van der Waals surface area contributed by atoms with Gasteiger partial charge in [-0.3, -0.25) is 4.79 Å². The van der Waals surface area contributed by atoms with E-state index < -0.39 is 0 Å².